The van der Waals surface area contributed by atoms with Gasteiger partial charge in [-0.3, -0.25) is 33.3 Å². The van der Waals surface area contributed by atoms with Crippen molar-refractivity contribution in [3.05, 3.63) is 95.6 Å². The molecule has 10 rings (SSSR count). The fraction of sp³-hybridized carbons (Fsp3) is 0.444. The molecule has 0 bridgehead atoms. The van der Waals surface area contributed by atoms with E-state index in [0.717, 1.165) is 79.5 Å². The van der Waals surface area contributed by atoms with E-state index in [1.807, 2.05) is 17.4 Å². The van der Waals surface area contributed by atoms with E-state index in [1.165, 1.54) is 69.3 Å². The smallest absolute Gasteiger partial charge is 0.394 e. The SMILES string of the molecule is COc1ncc(NC(=O)C(=O)N2C[C@@H](C)CC[C@@H]2c2ccc3nn([C@H]4CCN(C)C4)cc3c2)cc1C(N)=O.COc1ncc(NC(=O)C(=O)O)cc1C(N)=O.C[C@H]1CC[C@H](c2ccc3nn([C@H]4CCN(C)C4)cc3c2)NC1. The number of likely N-dealkylation sites (N-methyl/N-ethyl adjacent to an activating group) is 2. The second-order valence-electron chi connectivity index (χ2n) is 20.6. The minimum absolute atomic E-state index is 0.00850. The van der Waals surface area contributed by atoms with Crippen LogP contribution in [0.4, 0.5) is 11.4 Å². The van der Waals surface area contributed by atoms with Crippen LogP contribution in [0.15, 0.2) is 73.3 Å². The van der Waals surface area contributed by atoms with Crippen LogP contribution in [0, 0.1) is 11.8 Å². The van der Waals surface area contributed by atoms with Gasteiger partial charge in [-0.05, 0) is 132 Å². The van der Waals surface area contributed by atoms with Gasteiger partial charge in [0.1, 0.15) is 11.1 Å². The van der Waals surface area contributed by atoms with Crippen LogP contribution in [0.2, 0.25) is 0 Å². The molecule has 6 aromatic rings. The number of carbonyl (C=O) groups is 6. The van der Waals surface area contributed by atoms with Crippen molar-refractivity contribution in [2.75, 3.05) is 78.2 Å². The van der Waals surface area contributed by atoms with Crippen LogP contribution in [0.5, 0.6) is 11.8 Å². The number of likely N-dealkylation sites (tertiary alicyclic amines) is 3. The number of hydrogen-bond donors (Lipinski definition) is 6. The minimum atomic E-state index is -1.65. The zero-order valence-corrected chi connectivity index (χ0v) is 44.3. The summed E-state index contributed by atoms with van der Waals surface area (Å²) in [4.78, 5) is 84.4. The summed E-state index contributed by atoms with van der Waals surface area (Å²) in [6.45, 7) is 10.3. The Morgan fingerprint density at radius 1 is 0.649 bits per heavy atom. The van der Waals surface area contributed by atoms with Gasteiger partial charge in [-0.15, -0.1) is 0 Å². The van der Waals surface area contributed by atoms with Crippen molar-refractivity contribution in [1.82, 2.24) is 49.5 Å². The van der Waals surface area contributed by atoms with Crippen molar-refractivity contribution in [3.63, 3.8) is 0 Å². The number of carboxylic acid groups (broad SMARTS) is 1. The summed E-state index contributed by atoms with van der Waals surface area (Å²) < 4.78 is 14.1. The van der Waals surface area contributed by atoms with Gasteiger partial charge in [0.05, 0.1) is 67.1 Å². The summed E-state index contributed by atoms with van der Waals surface area (Å²) in [5.74, 6) is -4.78. The highest BCUT2D eigenvalue weighted by molar-refractivity contribution is 6.39. The van der Waals surface area contributed by atoms with Crippen molar-refractivity contribution in [1.29, 1.82) is 0 Å². The molecule has 77 heavy (non-hydrogen) atoms. The minimum Gasteiger partial charge on any atom is -0.480 e. The number of piperidine rings is 2. The fourth-order valence-electron chi connectivity index (χ4n) is 10.4. The number of nitrogens with one attached hydrogen (secondary N) is 3. The third-order valence-corrected chi connectivity index (χ3v) is 14.6. The second kappa shape index (κ2) is 24.3. The van der Waals surface area contributed by atoms with Gasteiger partial charge in [0.25, 0.3) is 11.8 Å². The summed E-state index contributed by atoms with van der Waals surface area (Å²) in [5.41, 5.74) is 15.1. The number of pyridine rings is 2. The second-order valence-corrected chi connectivity index (χ2v) is 20.6. The van der Waals surface area contributed by atoms with Gasteiger partial charge < -0.3 is 56.7 Å². The monoisotopic (exact) mass is 1060 g/mol. The summed E-state index contributed by atoms with van der Waals surface area (Å²) in [7, 11) is 6.97. The van der Waals surface area contributed by atoms with Gasteiger partial charge in [0.2, 0.25) is 11.8 Å². The van der Waals surface area contributed by atoms with E-state index in [9.17, 15) is 28.8 Å². The molecule has 23 heteroatoms. The predicted octanol–water partition coefficient (Wildman–Crippen LogP) is 4.54. The third kappa shape index (κ3) is 13.3. The average Bonchev–Trinajstić information content (AvgIpc) is 4.27. The number of aromatic nitrogens is 6. The first kappa shape index (κ1) is 55.2. The summed E-state index contributed by atoms with van der Waals surface area (Å²) in [5, 5.41) is 28.5. The van der Waals surface area contributed by atoms with E-state index in [2.05, 4.69) is 104 Å². The molecule has 5 amide bonds. The topological polar surface area (TPSA) is 300 Å². The van der Waals surface area contributed by atoms with Crippen LogP contribution in [0.1, 0.15) is 108 Å². The highest BCUT2D eigenvalue weighted by Crippen LogP contribution is 2.36. The number of fused-ring (bicyclic) bond motifs is 2. The van der Waals surface area contributed by atoms with Gasteiger partial charge in [-0.2, -0.15) is 10.2 Å². The van der Waals surface area contributed by atoms with Crippen LogP contribution < -0.4 is 36.9 Å². The molecule has 0 radical (unpaired) electrons. The molecule has 8 heterocycles. The lowest BCUT2D eigenvalue weighted by Gasteiger charge is -2.38. The Labute approximate surface area is 445 Å². The molecule has 4 aliphatic heterocycles. The number of carboxylic acids is 1. The number of carbonyl (C=O) groups excluding carboxylic acids is 5. The molecular formula is C54H68N14O9. The van der Waals surface area contributed by atoms with Gasteiger partial charge >= 0.3 is 23.7 Å². The highest BCUT2D eigenvalue weighted by atomic mass is 16.5. The standard InChI is InChI=1S/C27H33N7O4.C18H26N4.C9H9N3O5/c1-16-4-7-23(17-5-6-22-18(10-17)14-34(31-22)20-8-9-32(2)15-20)33(13-16)27(37)25(36)30-19-11-21(24(28)35)26(38-3)29-12-19;1-13-3-5-17(19-10-13)14-4-6-18-15(9-14)11-22(20-18)16-7-8-21(2)12-16;1-17-8-5(6(10)13)2-4(3-11-8)12-7(14)9(15)16/h5-6,10-12,14,16,20,23H,4,7-9,13,15H2,1-3H3,(H2,28,35)(H,30,36);4,6,9,11,13,16-17,19H,3,5,7-8,10,12H2,1-2H3;2-3H,1H3,(H2,10,13)(H,12,14)(H,15,16)/t16-,20-,23+;13-,16-,17+;/m00./s1. The van der Waals surface area contributed by atoms with Crippen LogP contribution in [0.3, 0.4) is 0 Å². The largest absolute Gasteiger partial charge is 0.480 e. The van der Waals surface area contributed by atoms with E-state index < -0.39 is 35.5 Å². The number of hydrogen-bond acceptors (Lipinski definition) is 15. The van der Waals surface area contributed by atoms with E-state index in [-0.39, 0.29) is 46.2 Å². The lowest BCUT2D eigenvalue weighted by molar-refractivity contribution is -0.147. The highest BCUT2D eigenvalue weighted by Gasteiger charge is 2.35. The van der Waals surface area contributed by atoms with Gasteiger partial charge in [0, 0.05) is 48.8 Å². The molecule has 0 saturated carbocycles. The van der Waals surface area contributed by atoms with Crippen LogP contribution in [-0.4, -0.2) is 152 Å². The molecule has 4 aromatic heterocycles. The van der Waals surface area contributed by atoms with Crippen molar-refractivity contribution < 1.29 is 43.3 Å². The quantitative estimate of drug-likeness (QED) is 0.103. The van der Waals surface area contributed by atoms with E-state index in [4.69, 9.17) is 36.2 Å². The molecule has 4 fully saturated rings. The van der Waals surface area contributed by atoms with Crippen LogP contribution >= 0.6 is 0 Å². The normalized spacial score (nSPS) is 21.6. The summed E-state index contributed by atoms with van der Waals surface area (Å²) in [6, 6.07) is 16.6. The number of methoxy groups -OCH3 is 2. The molecule has 408 valence electrons. The number of ether oxygens (including phenoxy) is 2. The van der Waals surface area contributed by atoms with Crippen molar-refractivity contribution >= 4 is 68.7 Å². The maximum Gasteiger partial charge on any atom is 0.394 e. The average molecular weight is 1060 g/mol. The number of nitrogens with zero attached hydrogens (tertiary/aromatic N) is 9. The van der Waals surface area contributed by atoms with Crippen LogP contribution in [-0.2, 0) is 19.2 Å². The number of aliphatic carboxylic acids is 1. The molecule has 4 aliphatic rings. The Bertz CT molecular complexity index is 3150. The first-order chi connectivity index (χ1) is 36.9. The maximum atomic E-state index is 13.4. The lowest BCUT2D eigenvalue weighted by atomic mass is 9.89. The summed E-state index contributed by atoms with van der Waals surface area (Å²) in [6.07, 6.45) is 13.3. The number of amides is 5. The summed E-state index contributed by atoms with van der Waals surface area (Å²) >= 11 is 0. The molecule has 0 unspecified atom stereocenters. The molecule has 4 saturated heterocycles. The van der Waals surface area contributed by atoms with Gasteiger partial charge in [-0.25, -0.2) is 14.8 Å². The molecule has 2 aromatic carbocycles. The Hall–Kier alpha value is -8.02. The van der Waals surface area contributed by atoms with Gasteiger partial charge in [0.15, 0.2) is 0 Å². The predicted molar refractivity (Wildman–Crippen MR) is 287 cm³/mol. The first-order valence-electron chi connectivity index (χ1n) is 25.8. The number of benzene rings is 2. The zero-order chi connectivity index (χ0) is 55.1. The number of anilines is 2. The van der Waals surface area contributed by atoms with E-state index in [1.54, 1.807) is 4.90 Å². The molecule has 6 atom stereocenters. The molecule has 23 nitrogen and oxygen atoms in total. The molecule has 0 spiro atoms. The van der Waals surface area contributed by atoms with Crippen molar-refractivity contribution in [2.45, 2.75) is 76.5 Å². The maximum absolute atomic E-state index is 13.4. The number of nitrogens with two attached hydrogens (primary N) is 2. The Kier molecular flexibility index (Phi) is 17.4. The Morgan fingerprint density at radius 3 is 1.62 bits per heavy atom. The van der Waals surface area contributed by atoms with E-state index >= 15 is 0 Å². The number of primary amides is 2. The number of rotatable bonds is 10. The molecular weight excluding hydrogens is 989 g/mol. The fourth-order valence-corrected chi connectivity index (χ4v) is 10.4. The van der Waals surface area contributed by atoms with Gasteiger partial charge in [-0.1, -0.05) is 26.0 Å². The van der Waals surface area contributed by atoms with Crippen molar-refractivity contribution in [3.8, 4) is 11.8 Å². The third-order valence-electron chi connectivity index (χ3n) is 14.6. The Balaban J connectivity index is 0.000000169. The first-order valence-corrected chi connectivity index (χ1v) is 25.8. The molecule has 0 aliphatic carbocycles. The van der Waals surface area contributed by atoms with Crippen LogP contribution in [0.25, 0.3) is 21.8 Å². The molecule has 8 N–H and O–H groups in total. The lowest BCUT2D eigenvalue weighted by Crippen LogP contribution is -2.46. The zero-order valence-electron chi connectivity index (χ0n) is 44.3. The Morgan fingerprint density at radius 2 is 1.16 bits per heavy atom. The van der Waals surface area contributed by atoms with Crippen molar-refractivity contribution in [2.24, 2.45) is 23.3 Å². The van der Waals surface area contributed by atoms with E-state index in [0.29, 0.717) is 24.7 Å².